The molecule has 8 aromatic rings. The first kappa shape index (κ1) is 94.6. The molecule has 124 heavy (non-hydrogen) atoms. The second kappa shape index (κ2) is 46.2. The highest BCUT2D eigenvalue weighted by atomic mass is 35.5. The Labute approximate surface area is 722 Å². The van der Waals surface area contributed by atoms with Crippen LogP contribution in [0.3, 0.4) is 0 Å². The van der Waals surface area contributed by atoms with Gasteiger partial charge in [-0.1, -0.05) is 124 Å². The van der Waals surface area contributed by atoms with Crippen molar-refractivity contribution in [2.45, 2.75) is 205 Å². The van der Waals surface area contributed by atoms with Gasteiger partial charge in [0.15, 0.2) is 0 Å². The van der Waals surface area contributed by atoms with Gasteiger partial charge in [0, 0.05) is 80.4 Å². The average molecular weight is 1730 g/mol. The Morgan fingerprint density at radius 1 is 0.500 bits per heavy atom. The Kier molecular flexibility index (Phi) is 35.2. The number of aliphatic hydroxyl groups excluding tert-OH is 1. The quantitative estimate of drug-likeness (QED) is 0.0192. The Hall–Kier alpha value is -13.2. The van der Waals surface area contributed by atoms with E-state index >= 15 is 28.8 Å². The van der Waals surface area contributed by atoms with Crippen molar-refractivity contribution in [2.24, 2.45) is 11.7 Å². The van der Waals surface area contributed by atoms with Gasteiger partial charge in [0.05, 0.1) is 12.8 Å². The van der Waals surface area contributed by atoms with E-state index in [9.17, 15) is 33.9 Å². The van der Waals surface area contributed by atoms with Gasteiger partial charge in [0.25, 0.3) is 0 Å². The number of benzene rings is 5. The van der Waals surface area contributed by atoms with Crippen molar-refractivity contribution in [3.63, 3.8) is 0 Å². The zero-order valence-electron chi connectivity index (χ0n) is 70.4. The number of carbonyl (C=O) groups excluding carboxylic acids is 12. The lowest BCUT2D eigenvalue weighted by Crippen LogP contribution is -2.62. The molecule has 12 amide bonds. The first-order valence-corrected chi connectivity index (χ1v) is 41.5. The molecule has 38 nitrogen and oxygen atoms in total. The van der Waals surface area contributed by atoms with Gasteiger partial charge in [-0.25, -0.2) is 10.2 Å². The highest BCUT2D eigenvalue weighted by Gasteiger charge is 2.40. The van der Waals surface area contributed by atoms with Gasteiger partial charge in [0.1, 0.15) is 66.5 Å². The van der Waals surface area contributed by atoms with Crippen LogP contribution in [0, 0.1) is 5.92 Å². The maximum Gasteiger partial charge on any atom is 0.246 e. The molecule has 0 radical (unpaired) electrons. The SMILES string of the molecule is CC(=O)N[C@H](Cc1ccc2ccccc2c1)C(=O)N[C@H](Cc1ccc(Cl)cc1)C(=O)N[C@H](Cc1cccnc1)C(=O)N[C@@H](CO)C(=O)N[C@@H](Cc1ccc(NC(=O)[C@H](C)Nc2n[nH]c(N)n2)cc1)C(=O)N[C@H](Cc1ccc(NC(=O)[C@@H](C)Nc2n[nH]c(N)n2)cc1)C(=O)N[C@@H](CC(C)C)C(=O)N[C@@H](CCCCNC(C)C)C(=O)N1CCC[C@H]1C(=O)N[C@H](C)N. The molecule has 1 aliphatic heterocycles. The van der Waals surface area contributed by atoms with Gasteiger partial charge in [-0.3, -0.25) is 62.5 Å². The molecule has 0 saturated carbocycles. The molecule has 4 heterocycles. The van der Waals surface area contributed by atoms with Crippen LogP contribution < -0.4 is 91.6 Å². The number of halogens is 1. The van der Waals surface area contributed by atoms with Gasteiger partial charge < -0.3 is 102 Å². The second-order valence-electron chi connectivity index (χ2n) is 31.5. The van der Waals surface area contributed by atoms with Crippen molar-refractivity contribution in [3.8, 4) is 0 Å². The second-order valence-corrected chi connectivity index (χ2v) is 31.9. The first-order chi connectivity index (χ1) is 59.2. The molecule has 0 aliphatic carbocycles. The predicted molar refractivity (Wildman–Crippen MR) is 467 cm³/mol. The van der Waals surface area contributed by atoms with E-state index in [2.05, 4.69) is 110 Å². The third-order valence-corrected chi connectivity index (χ3v) is 20.5. The van der Waals surface area contributed by atoms with E-state index in [1.807, 2.05) is 70.2 Å². The standard InChI is InChI=1S/C85H112ClN25O13/c1-46(2)37-63(73(116)98-62(18-11-12-35-91-47(3)4)81(124)111-36-14-19-70(111)80(123)94-50(7)87)99-75(118)66(40-53-23-30-60(31-24-53)96-71(114)48(5)92-84-105-82(88)107-109-84)101-77(120)67(41-54-25-32-61(33-26-54)97-72(115)49(6)93-85-106-83(89)108-110-85)103-79(122)69(45-112)104-78(121)68(43-56-15-13-34-90-44-56)102-76(119)65(39-52-21-28-59(86)29-22-52)100-74(117)64(95-51(8)113)42-55-20-27-57-16-9-10-17-58(57)38-55/h9-10,13,15-17,20-34,38,44,46-50,62-70,91,112H,11-12,14,18-19,35-37,39-43,45,87H2,1-8H3,(H,94,123)(H,95,113)(H,96,114)(H,97,115)(H,98,116)(H,99,118)(H,100,117)(H,101,120)(H,102,119)(H,103,122)(H,104,121)(H4,88,92,105,107,109)(H4,89,93,106,108,110)/t48-,49+,50-,62+,63+,64-,65-,66-,67+,68-,69+,70+/m1/s1. The number of anilines is 6. The summed E-state index contributed by atoms with van der Waals surface area (Å²) in [6.07, 6.45) is 3.15. The number of carbonyl (C=O) groups is 12. The molecule has 9 rings (SSSR count). The summed E-state index contributed by atoms with van der Waals surface area (Å²) in [4.78, 5) is 188. The number of rotatable bonds is 45. The fraction of sp³-hybridized carbons (Fsp3) is 0.424. The zero-order valence-corrected chi connectivity index (χ0v) is 71.2. The zero-order chi connectivity index (χ0) is 89.7. The Morgan fingerprint density at radius 3 is 1.40 bits per heavy atom. The van der Waals surface area contributed by atoms with E-state index < -0.39 is 150 Å². The molecule has 5 aromatic carbocycles. The van der Waals surface area contributed by atoms with Crippen LogP contribution in [0.25, 0.3) is 10.8 Å². The first-order valence-electron chi connectivity index (χ1n) is 41.1. The van der Waals surface area contributed by atoms with E-state index in [1.165, 1.54) is 36.4 Å². The minimum atomic E-state index is -1.90. The number of fused-ring (bicyclic) bond motifs is 1. The van der Waals surface area contributed by atoms with Gasteiger partial charge >= 0.3 is 0 Å². The maximum atomic E-state index is 15.7. The van der Waals surface area contributed by atoms with Crippen LogP contribution in [0.5, 0.6) is 0 Å². The van der Waals surface area contributed by atoms with Crippen LogP contribution in [0.4, 0.5) is 35.2 Å². The molecule has 3 aromatic heterocycles. The number of hydrogen-bond acceptors (Lipinski definition) is 24. The van der Waals surface area contributed by atoms with Crippen molar-refractivity contribution >= 4 is 128 Å². The fourth-order valence-electron chi connectivity index (χ4n) is 13.9. The van der Waals surface area contributed by atoms with E-state index in [0.717, 1.165) is 10.8 Å². The maximum absolute atomic E-state index is 15.7. The monoisotopic (exact) mass is 1730 g/mol. The molecular weight excluding hydrogens is 1610 g/mol. The number of aromatic nitrogens is 7. The van der Waals surface area contributed by atoms with Crippen LogP contribution in [-0.2, 0) is 89.6 Å². The minimum absolute atomic E-state index is 0.00212. The summed E-state index contributed by atoms with van der Waals surface area (Å²) < 4.78 is 0. The molecule has 1 aliphatic rings. The largest absolute Gasteiger partial charge is 0.394 e. The summed E-state index contributed by atoms with van der Waals surface area (Å²) in [5.74, 6) is -9.15. The molecule has 662 valence electrons. The number of nitrogens with zero attached hydrogens (tertiary/aromatic N) is 6. The van der Waals surface area contributed by atoms with E-state index in [-0.39, 0.29) is 92.9 Å². The normalized spacial score (nSPS) is 15.2. The number of nitrogens with one attached hydrogen (secondary N) is 16. The van der Waals surface area contributed by atoms with Gasteiger partial charge in [-0.15, -0.1) is 10.2 Å². The van der Waals surface area contributed by atoms with Crippen molar-refractivity contribution in [2.75, 3.05) is 52.4 Å². The third-order valence-electron chi connectivity index (χ3n) is 20.3. The number of amides is 12. The minimum Gasteiger partial charge on any atom is -0.394 e. The summed E-state index contributed by atoms with van der Waals surface area (Å²) in [7, 11) is 0. The molecule has 1 fully saturated rings. The molecule has 39 heteroatoms. The topological polar surface area (TPSA) is 571 Å². The lowest BCUT2D eigenvalue weighted by Gasteiger charge is -2.31. The van der Waals surface area contributed by atoms with Crippen LogP contribution in [0.2, 0.25) is 5.02 Å². The van der Waals surface area contributed by atoms with E-state index in [1.54, 1.807) is 93.6 Å². The summed E-state index contributed by atoms with van der Waals surface area (Å²) in [6, 6.07) is 20.7. The number of hydrogen-bond donors (Lipinski definition) is 20. The van der Waals surface area contributed by atoms with Crippen molar-refractivity contribution in [1.29, 1.82) is 0 Å². The van der Waals surface area contributed by atoms with Crippen LogP contribution in [0.1, 0.15) is 122 Å². The summed E-state index contributed by atoms with van der Waals surface area (Å²) >= 11 is 6.30. The number of aromatic amines is 2. The number of H-pyrrole nitrogens is 2. The van der Waals surface area contributed by atoms with Crippen molar-refractivity contribution < 1.29 is 62.6 Å². The molecule has 0 unspecified atom stereocenters. The summed E-state index contributed by atoms with van der Waals surface area (Å²) in [5, 5.41) is 65.6. The van der Waals surface area contributed by atoms with Crippen molar-refractivity contribution in [3.05, 3.63) is 173 Å². The summed E-state index contributed by atoms with van der Waals surface area (Å²) in [5.41, 5.74) is 20.3. The van der Waals surface area contributed by atoms with Crippen LogP contribution in [-0.4, -0.2) is 215 Å². The smallest absolute Gasteiger partial charge is 0.246 e. The number of unbranched alkanes of at least 4 members (excludes halogenated alkanes) is 1. The van der Waals surface area contributed by atoms with E-state index in [0.29, 0.717) is 70.8 Å². The average Bonchev–Trinajstić information content (AvgIpc) is 1.78. The predicted octanol–water partition coefficient (Wildman–Crippen LogP) is 2.20. The number of nitrogens with two attached hydrogens (primary N) is 3. The Bertz CT molecular complexity index is 4960. The Morgan fingerprint density at radius 2 is 0.944 bits per heavy atom. The Balaban J connectivity index is 1.02. The molecule has 12 atom stereocenters. The number of nitrogen functional groups attached to an aromatic ring is 2. The third kappa shape index (κ3) is 29.6. The van der Waals surface area contributed by atoms with Crippen molar-refractivity contribution in [1.82, 2.24) is 93.4 Å². The number of pyridine rings is 1. The lowest BCUT2D eigenvalue weighted by molar-refractivity contribution is -0.142. The molecule has 1 saturated heterocycles. The molecule has 23 N–H and O–H groups in total. The van der Waals surface area contributed by atoms with E-state index in [4.69, 9.17) is 28.8 Å². The number of aliphatic hydroxyl groups is 1. The summed E-state index contributed by atoms with van der Waals surface area (Å²) in [6.45, 7) is 13.3. The van der Waals surface area contributed by atoms with Crippen LogP contribution in [0.15, 0.2) is 140 Å². The number of likely N-dealkylation sites (tertiary alicyclic amines) is 1. The molecule has 0 bridgehead atoms. The van der Waals surface area contributed by atoms with Gasteiger partial charge in [-0.2, -0.15) is 9.97 Å². The fourth-order valence-corrected chi connectivity index (χ4v) is 14.0. The van der Waals surface area contributed by atoms with Gasteiger partial charge in [-0.05, 0) is 153 Å². The highest BCUT2D eigenvalue weighted by Crippen LogP contribution is 2.24. The lowest BCUT2D eigenvalue weighted by atomic mass is 9.99. The van der Waals surface area contributed by atoms with Crippen LogP contribution >= 0.6 is 11.6 Å². The highest BCUT2D eigenvalue weighted by molar-refractivity contribution is 6.30. The molecule has 0 spiro atoms. The van der Waals surface area contributed by atoms with Gasteiger partial charge in [0.2, 0.25) is 94.7 Å². The molecular formula is C85H112ClN25O13.